The van der Waals surface area contributed by atoms with Gasteiger partial charge >= 0.3 is 6.18 Å². The zero-order valence-corrected chi connectivity index (χ0v) is 13.9. The minimum absolute atomic E-state index is 0.121. The number of fused-ring (bicyclic) bond motifs is 1. The van der Waals surface area contributed by atoms with Gasteiger partial charge in [0.2, 0.25) is 0 Å². The second-order valence-corrected chi connectivity index (χ2v) is 6.31. The third-order valence-corrected chi connectivity index (χ3v) is 4.59. The van der Waals surface area contributed by atoms with Crippen LogP contribution in [0.4, 0.5) is 17.6 Å². The molecule has 7 heteroatoms. The second-order valence-electron chi connectivity index (χ2n) is 6.31. The largest absolute Gasteiger partial charge is 0.416 e. The number of aromatic nitrogens is 1. The number of hydrogen-bond donors (Lipinski definition) is 2. The predicted molar refractivity (Wildman–Crippen MR) is 89.5 cm³/mol. The number of rotatable bonds is 4. The van der Waals surface area contributed by atoms with Gasteiger partial charge in [-0.2, -0.15) is 13.2 Å². The van der Waals surface area contributed by atoms with Crippen LogP contribution in [0.25, 0.3) is 5.57 Å². The van der Waals surface area contributed by atoms with Crippen molar-refractivity contribution in [1.29, 1.82) is 0 Å². The van der Waals surface area contributed by atoms with Crippen LogP contribution in [0, 0.1) is 5.82 Å². The highest BCUT2D eigenvalue weighted by Gasteiger charge is 2.34. The van der Waals surface area contributed by atoms with E-state index in [9.17, 15) is 22.7 Å². The number of halogens is 4. The molecule has 0 amide bonds. The van der Waals surface area contributed by atoms with Crippen LogP contribution >= 0.6 is 0 Å². The Kier molecular flexibility index (Phi) is 5.11. The van der Waals surface area contributed by atoms with Crippen LogP contribution in [-0.2, 0) is 12.7 Å². The highest BCUT2D eigenvalue weighted by molar-refractivity contribution is 5.65. The van der Waals surface area contributed by atoms with Gasteiger partial charge in [-0.3, -0.25) is 10.3 Å². The fraction of sp³-hybridized carbons (Fsp3) is 0.316. The van der Waals surface area contributed by atoms with Crippen molar-refractivity contribution in [3.05, 3.63) is 71.3 Å². The average molecular weight is 366 g/mol. The Hall–Kier alpha value is -2.25. The molecule has 0 saturated heterocycles. The van der Waals surface area contributed by atoms with Crippen molar-refractivity contribution in [2.24, 2.45) is 0 Å². The van der Waals surface area contributed by atoms with Gasteiger partial charge in [-0.1, -0.05) is 18.7 Å². The van der Waals surface area contributed by atoms with Crippen LogP contribution in [-0.4, -0.2) is 16.3 Å². The van der Waals surface area contributed by atoms with E-state index in [2.05, 4.69) is 16.9 Å². The molecule has 2 unspecified atom stereocenters. The smallest absolute Gasteiger partial charge is 0.378 e. The van der Waals surface area contributed by atoms with Crippen molar-refractivity contribution in [3.63, 3.8) is 0 Å². The van der Waals surface area contributed by atoms with E-state index in [0.717, 1.165) is 29.0 Å². The summed E-state index contributed by atoms with van der Waals surface area (Å²) in [4.78, 5) is 4.28. The SMILES string of the molecule is C=C1CCC(C(O)NCc2ccc(F)cc2C(F)(F)F)c2cccnc21. The van der Waals surface area contributed by atoms with Gasteiger partial charge in [0.15, 0.2) is 0 Å². The molecule has 1 aromatic carbocycles. The third kappa shape index (κ3) is 3.78. The van der Waals surface area contributed by atoms with E-state index in [0.29, 0.717) is 18.9 Å². The summed E-state index contributed by atoms with van der Waals surface area (Å²) >= 11 is 0. The summed E-state index contributed by atoms with van der Waals surface area (Å²) in [5.41, 5.74) is 1.25. The first-order valence-corrected chi connectivity index (χ1v) is 8.17. The van der Waals surface area contributed by atoms with Crippen molar-refractivity contribution < 1.29 is 22.7 Å². The first kappa shape index (κ1) is 18.5. The number of hydrogen-bond acceptors (Lipinski definition) is 3. The lowest BCUT2D eigenvalue weighted by molar-refractivity contribution is -0.138. The molecule has 1 aliphatic rings. The highest BCUT2D eigenvalue weighted by Crippen LogP contribution is 2.38. The molecule has 3 nitrogen and oxygen atoms in total. The minimum Gasteiger partial charge on any atom is -0.378 e. The zero-order chi connectivity index (χ0) is 18.9. The molecule has 1 heterocycles. The van der Waals surface area contributed by atoms with Crippen LogP contribution in [0.2, 0.25) is 0 Å². The van der Waals surface area contributed by atoms with Crippen molar-refractivity contribution >= 4 is 5.57 Å². The molecule has 0 saturated carbocycles. The lowest BCUT2D eigenvalue weighted by atomic mass is 9.82. The number of benzene rings is 1. The number of aliphatic hydroxyl groups excluding tert-OH is 1. The quantitative estimate of drug-likeness (QED) is 0.629. The lowest BCUT2D eigenvalue weighted by Crippen LogP contribution is -2.36. The Balaban J connectivity index is 1.78. The van der Waals surface area contributed by atoms with Crippen LogP contribution in [0.5, 0.6) is 0 Å². The van der Waals surface area contributed by atoms with E-state index in [1.807, 2.05) is 6.07 Å². The fourth-order valence-electron chi connectivity index (χ4n) is 3.27. The van der Waals surface area contributed by atoms with Crippen molar-refractivity contribution in [2.75, 3.05) is 0 Å². The van der Waals surface area contributed by atoms with Crippen LogP contribution in [0.15, 0.2) is 43.1 Å². The fourth-order valence-corrected chi connectivity index (χ4v) is 3.27. The second kappa shape index (κ2) is 7.17. The lowest BCUT2D eigenvalue weighted by Gasteiger charge is -2.30. The summed E-state index contributed by atoms with van der Waals surface area (Å²) in [7, 11) is 0. The first-order valence-electron chi connectivity index (χ1n) is 8.17. The first-order chi connectivity index (χ1) is 12.3. The molecule has 1 aromatic heterocycles. The molecule has 2 N–H and O–H groups in total. The molecule has 138 valence electrons. The maximum atomic E-state index is 13.2. The normalized spacial score (nSPS) is 18.5. The maximum absolute atomic E-state index is 13.2. The highest BCUT2D eigenvalue weighted by atomic mass is 19.4. The molecule has 26 heavy (non-hydrogen) atoms. The number of nitrogens with one attached hydrogen (secondary N) is 1. The zero-order valence-electron chi connectivity index (χ0n) is 13.9. The Morgan fingerprint density at radius 2 is 2.08 bits per heavy atom. The Morgan fingerprint density at radius 3 is 2.81 bits per heavy atom. The van der Waals surface area contributed by atoms with Crippen LogP contribution < -0.4 is 5.32 Å². The van der Waals surface area contributed by atoms with E-state index < -0.39 is 23.8 Å². The molecule has 0 spiro atoms. The maximum Gasteiger partial charge on any atom is 0.416 e. The number of nitrogens with zero attached hydrogens (tertiary/aromatic N) is 1. The molecule has 1 aliphatic carbocycles. The molecule has 0 fully saturated rings. The molecule has 0 bridgehead atoms. The van der Waals surface area contributed by atoms with E-state index in [1.54, 1.807) is 12.3 Å². The predicted octanol–water partition coefficient (Wildman–Crippen LogP) is 4.24. The molecule has 3 rings (SSSR count). The number of alkyl halides is 3. The Morgan fingerprint density at radius 1 is 1.31 bits per heavy atom. The van der Waals surface area contributed by atoms with Gasteiger partial charge in [-0.25, -0.2) is 4.39 Å². The molecular weight excluding hydrogens is 348 g/mol. The van der Waals surface area contributed by atoms with Gasteiger partial charge in [0, 0.05) is 18.7 Å². The van der Waals surface area contributed by atoms with Gasteiger partial charge in [-0.05, 0) is 47.7 Å². The summed E-state index contributed by atoms with van der Waals surface area (Å²) in [6, 6.07) is 6.10. The van der Waals surface area contributed by atoms with Crippen LogP contribution in [0.1, 0.15) is 41.1 Å². The molecule has 2 atom stereocenters. The van der Waals surface area contributed by atoms with Gasteiger partial charge in [0.1, 0.15) is 12.0 Å². The van der Waals surface area contributed by atoms with Gasteiger partial charge in [-0.15, -0.1) is 0 Å². The summed E-state index contributed by atoms with van der Waals surface area (Å²) in [6.07, 6.45) is -2.82. The van der Waals surface area contributed by atoms with Gasteiger partial charge < -0.3 is 5.11 Å². The van der Waals surface area contributed by atoms with E-state index in [4.69, 9.17) is 0 Å². The summed E-state index contributed by atoms with van der Waals surface area (Å²) in [5.74, 6) is -1.26. The number of aliphatic hydroxyl groups is 1. The Labute approximate surface area is 148 Å². The van der Waals surface area contributed by atoms with Gasteiger partial charge in [0.25, 0.3) is 0 Å². The molecule has 0 radical (unpaired) electrons. The summed E-state index contributed by atoms with van der Waals surface area (Å²) in [6.45, 7) is 3.73. The van der Waals surface area contributed by atoms with Crippen LogP contribution in [0.3, 0.4) is 0 Å². The van der Waals surface area contributed by atoms with E-state index in [1.165, 1.54) is 0 Å². The number of pyridine rings is 1. The molecule has 2 aromatic rings. The topological polar surface area (TPSA) is 45.1 Å². The third-order valence-electron chi connectivity index (χ3n) is 4.59. The molecular formula is C19H18F4N2O. The number of allylic oxidation sites excluding steroid dienone is 1. The average Bonchev–Trinajstić information content (AvgIpc) is 2.60. The monoisotopic (exact) mass is 366 g/mol. The standard InChI is InChI=1S/C19H18F4N2O/c1-11-4-7-15(14-3-2-8-24-17(11)14)18(26)25-10-12-5-6-13(20)9-16(12)19(21,22)23/h2-3,5-6,8-9,15,18,25-26H,1,4,7,10H2. The van der Waals surface area contributed by atoms with E-state index >= 15 is 0 Å². The minimum atomic E-state index is -4.66. The van der Waals surface area contributed by atoms with Gasteiger partial charge in [0.05, 0.1) is 11.3 Å². The van der Waals surface area contributed by atoms with Crippen molar-refractivity contribution in [1.82, 2.24) is 10.3 Å². The molecule has 0 aliphatic heterocycles. The van der Waals surface area contributed by atoms with E-state index in [-0.39, 0.29) is 18.0 Å². The summed E-state index contributed by atoms with van der Waals surface area (Å²) in [5, 5.41) is 13.2. The van der Waals surface area contributed by atoms with Crippen molar-refractivity contribution in [2.45, 2.75) is 37.7 Å². The van der Waals surface area contributed by atoms with Crippen molar-refractivity contribution in [3.8, 4) is 0 Å². The summed E-state index contributed by atoms with van der Waals surface area (Å²) < 4.78 is 52.4. The Bertz CT molecular complexity index is 819.